The third-order valence-electron chi connectivity index (χ3n) is 14.2. The highest BCUT2D eigenvalue weighted by Crippen LogP contribution is 2.40. The number of aryl methyl sites for hydroxylation is 5. The van der Waals surface area contributed by atoms with E-state index in [9.17, 15) is 51.5 Å². The molecule has 18 nitrogen and oxygen atoms in total. The van der Waals surface area contributed by atoms with Crippen molar-refractivity contribution in [3.63, 3.8) is 0 Å². The Balaban J connectivity index is 0.000000181. The summed E-state index contributed by atoms with van der Waals surface area (Å²) in [4.78, 5) is 106. The molecule has 0 bridgehead atoms. The van der Waals surface area contributed by atoms with Crippen LogP contribution in [0.15, 0.2) is 111 Å². The molecule has 0 atom stereocenters. The molecule has 0 fully saturated rings. The summed E-state index contributed by atoms with van der Waals surface area (Å²) in [6, 6.07) is 29.8. The lowest BCUT2D eigenvalue weighted by atomic mass is 10.1. The predicted octanol–water partition coefficient (Wildman–Crippen LogP) is 10.6. The molecule has 25 heteroatoms. The summed E-state index contributed by atoms with van der Waals surface area (Å²) in [7, 11) is 1.69. The number of methoxy groups -OCH3 is 1. The molecule has 5 aromatic carbocycles. The number of halogens is 3. The second-order valence-electron chi connectivity index (χ2n) is 21.8. The number of thioether (sulfide) groups is 4. The number of hydrogen-bond acceptors (Lipinski definition) is 14. The predicted molar refractivity (Wildman–Crippen MR) is 359 cm³/mol. The van der Waals surface area contributed by atoms with E-state index in [-0.39, 0.29) is 60.3 Å². The molecule has 490 valence electrons. The van der Waals surface area contributed by atoms with E-state index in [1.54, 1.807) is 51.8 Å². The van der Waals surface area contributed by atoms with Crippen LogP contribution < -0.4 is 45.2 Å². The first-order chi connectivity index (χ1) is 43.4. The first-order valence-electron chi connectivity index (χ1n) is 29.9. The topological polar surface area (TPSA) is 207 Å². The molecule has 8 amide bonds. The number of carbonyl (C=O) groups excluding carboxylic acids is 8. The third kappa shape index (κ3) is 22.3. The van der Waals surface area contributed by atoms with Crippen molar-refractivity contribution in [1.82, 2.24) is 16.0 Å². The molecule has 5 aliphatic rings. The Morgan fingerprint density at radius 1 is 0.505 bits per heavy atom. The molecular weight excluding hydrogens is 1250 g/mol. The maximum Gasteiger partial charge on any atom is 0.405 e. The normalized spacial score (nSPS) is 14.6. The Kier molecular flexibility index (Phi) is 28.5. The van der Waals surface area contributed by atoms with E-state index >= 15 is 0 Å². The van der Waals surface area contributed by atoms with Gasteiger partial charge in [-0.05, 0) is 143 Å². The summed E-state index contributed by atoms with van der Waals surface area (Å²) >= 11 is 6.07. The van der Waals surface area contributed by atoms with Crippen LogP contribution >= 0.6 is 47.0 Å². The number of anilines is 5. The van der Waals surface area contributed by atoms with Crippen LogP contribution in [0.5, 0.6) is 5.75 Å². The summed E-state index contributed by atoms with van der Waals surface area (Å²) in [5, 5.41) is 7.21. The van der Waals surface area contributed by atoms with Crippen molar-refractivity contribution in [3.8, 4) is 5.75 Å². The van der Waals surface area contributed by atoms with Gasteiger partial charge in [-0.2, -0.15) is 13.2 Å². The minimum Gasteiger partial charge on any atom is -0.482 e. The number of rotatable bonds is 17. The fourth-order valence-corrected chi connectivity index (χ4v) is 13.3. The number of alkyl halides is 3. The van der Waals surface area contributed by atoms with Crippen molar-refractivity contribution >= 4 is 123 Å². The van der Waals surface area contributed by atoms with Gasteiger partial charge in [0.05, 0.1) is 51.4 Å². The molecule has 0 saturated carbocycles. The lowest BCUT2D eigenvalue weighted by Gasteiger charge is -2.29. The standard InChI is InChI=1S/C14H19NO2.C13H13F3N2O2S.2C13H16N2O2S.C13H17NO2S/c1-3-4-5-8-15-12-9-11(2)6-7-13(12)17-10-14(15)16;1-8-2-3-10-9(4-8)18(12(20)6-21-10)5-11(19)17-7-13(14,15)16;1-9-3-4-12-11(7-9)15(13(17)8-18-12)6-5-14-10(2)16;1-3-14-12(16)7-15-10-6-9(2)4-5-11(10)18-8-13(15)17;1-10-4-5-12-11(8-10)14(6-3-7-16-2)13(15)9-17-12/h6-7,9H,3-5,8,10H2,1-2H3;2-4H,5-7H2,1H3,(H,17,19);3-4,7H,5-6,8H2,1-2H3,(H,14,16);4-6H,3,7-8H2,1-2H3,(H,14,16);4-5,8H,3,6-7,9H2,1-2H3. The van der Waals surface area contributed by atoms with Crippen molar-refractivity contribution in [2.45, 2.75) is 107 Å². The smallest absolute Gasteiger partial charge is 0.405 e. The number of likely N-dealkylation sites (N-methyl/N-ethyl adjacent to an activating group) is 1. The fraction of sp³-hybridized carbons (Fsp3) is 0.424. The van der Waals surface area contributed by atoms with Crippen LogP contribution in [-0.4, -0.2) is 149 Å². The zero-order valence-electron chi connectivity index (χ0n) is 53.0. The molecule has 0 spiro atoms. The Morgan fingerprint density at radius 3 is 1.31 bits per heavy atom. The van der Waals surface area contributed by atoms with E-state index in [2.05, 4.69) is 42.7 Å². The third-order valence-corrected chi connectivity index (χ3v) is 18.4. The van der Waals surface area contributed by atoms with Gasteiger partial charge in [0, 0.05) is 72.9 Å². The summed E-state index contributed by atoms with van der Waals surface area (Å²) in [5.41, 5.74) is 9.84. The van der Waals surface area contributed by atoms with Crippen LogP contribution in [-0.2, 0) is 43.1 Å². The van der Waals surface area contributed by atoms with Crippen LogP contribution in [0, 0.1) is 34.6 Å². The quantitative estimate of drug-likeness (QED) is 0.0741. The van der Waals surface area contributed by atoms with E-state index in [1.165, 1.54) is 52.2 Å². The van der Waals surface area contributed by atoms with E-state index < -0.39 is 25.2 Å². The van der Waals surface area contributed by atoms with Gasteiger partial charge < -0.3 is 49.9 Å². The zero-order valence-corrected chi connectivity index (χ0v) is 56.2. The molecule has 10 rings (SSSR count). The van der Waals surface area contributed by atoms with Gasteiger partial charge in [0.15, 0.2) is 6.61 Å². The molecule has 0 aromatic heterocycles. The number of ether oxygens (including phenoxy) is 2. The highest BCUT2D eigenvalue weighted by atomic mass is 32.2. The van der Waals surface area contributed by atoms with Crippen LogP contribution in [0.3, 0.4) is 0 Å². The van der Waals surface area contributed by atoms with E-state index in [0.29, 0.717) is 49.2 Å². The number of unbranched alkanes of at least 4 members (excludes halogenated alkanes) is 2. The number of fused-ring (bicyclic) bond motifs is 5. The Hall–Kier alpha value is -7.19. The number of amides is 8. The maximum absolute atomic E-state index is 12.1. The molecule has 0 unspecified atom stereocenters. The molecular formula is C66H81F3N8O10S4. The van der Waals surface area contributed by atoms with Gasteiger partial charge in [0.25, 0.3) is 5.91 Å². The van der Waals surface area contributed by atoms with Crippen LogP contribution in [0.4, 0.5) is 41.6 Å². The summed E-state index contributed by atoms with van der Waals surface area (Å²) in [5.74, 6) is 1.45. The zero-order chi connectivity index (χ0) is 66.4. The molecule has 0 radical (unpaired) electrons. The number of nitrogens with one attached hydrogen (secondary N) is 3. The van der Waals surface area contributed by atoms with Gasteiger partial charge in [-0.15, -0.1) is 47.0 Å². The highest BCUT2D eigenvalue weighted by molar-refractivity contribution is 8.01. The second kappa shape index (κ2) is 35.6. The van der Waals surface area contributed by atoms with Gasteiger partial charge in [0.2, 0.25) is 41.4 Å². The average Bonchev–Trinajstić information content (AvgIpc) is 1.46. The minimum atomic E-state index is -4.47. The second-order valence-corrected chi connectivity index (χ2v) is 25.8. The first kappa shape index (κ1) is 72.9. The average molecular weight is 1330 g/mol. The summed E-state index contributed by atoms with van der Waals surface area (Å²) in [6.07, 6.45) is -0.215. The molecule has 0 saturated heterocycles. The van der Waals surface area contributed by atoms with Gasteiger partial charge >= 0.3 is 6.18 Å². The van der Waals surface area contributed by atoms with Gasteiger partial charge in [-0.25, -0.2) is 0 Å². The number of carbonyl (C=O) groups is 8. The van der Waals surface area contributed by atoms with Crippen LogP contribution in [0.1, 0.15) is 74.3 Å². The largest absolute Gasteiger partial charge is 0.482 e. The van der Waals surface area contributed by atoms with Crippen LogP contribution in [0.25, 0.3) is 0 Å². The number of hydrogen-bond donors (Lipinski definition) is 3. The monoisotopic (exact) mass is 1330 g/mol. The lowest BCUT2D eigenvalue weighted by Crippen LogP contribution is -2.45. The number of nitrogens with zero attached hydrogens (tertiary/aromatic N) is 5. The van der Waals surface area contributed by atoms with Crippen molar-refractivity contribution in [3.05, 3.63) is 119 Å². The molecule has 3 N–H and O–H groups in total. The minimum absolute atomic E-state index is 0.00986. The van der Waals surface area contributed by atoms with E-state index in [0.717, 1.165) is 97.8 Å². The Labute approximate surface area is 548 Å². The molecule has 5 aliphatic heterocycles. The molecule has 0 aliphatic carbocycles. The highest BCUT2D eigenvalue weighted by Gasteiger charge is 2.32. The summed E-state index contributed by atoms with van der Waals surface area (Å²) < 4.78 is 46.7. The summed E-state index contributed by atoms with van der Waals surface area (Å²) in [6.45, 7) is 17.7. The van der Waals surface area contributed by atoms with Crippen LogP contribution in [0.2, 0.25) is 0 Å². The van der Waals surface area contributed by atoms with Crippen molar-refractivity contribution in [2.75, 3.05) is 120 Å². The van der Waals surface area contributed by atoms with E-state index in [4.69, 9.17) is 9.47 Å². The Bertz CT molecular complexity index is 3330. The maximum atomic E-state index is 12.1. The fourth-order valence-electron chi connectivity index (χ4n) is 9.67. The van der Waals surface area contributed by atoms with E-state index in [1.807, 2.05) is 111 Å². The molecule has 5 heterocycles. The molecule has 5 aromatic rings. The Morgan fingerprint density at radius 2 is 0.890 bits per heavy atom. The van der Waals surface area contributed by atoms with Gasteiger partial charge in [-0.1, -0.05) is 50.1 Å². The van der Waals surface area contributed by atoms with Gasteiger partial charge in [-0.3, -0.25) is 38.4 Å². The SMILES string of the molecule is CC(=O)NCCN1C(=O)CSc2ccc(C)cc21.CCCCCN1C(=O)COc2ccc(C)cc21.CCNC(=O)CN1C(=O)CSc2ccc(C)cc21.COCCCN1C(=O)CSc2ccc(C)cc21.Cc1ccc2c(c1)N(CC(=O)NCC(F)(F)F)C(=O)CS2. The molecule has 91 heavy (non-hydrogen) atoms. The van der Waals surface area contributed by atoms with Gasteiger partial charge in [0.1, 0.15) is 25.4 Å². The van der Waals surface area contributed by atoms with Crippen molar-refractivity contribution in [1.29, 1.82) is 0 Å². The lowest BCUT2D eigenvalue weighted by molar-refractivity contribution is -0.137. The van der Waals surface area contributed by atoms with Crippen molar-refractivity contribution in [2.24, 2.45) is 0 Å². The van der Waals surface area contributed by atoms with Crippen molar-refractivity contribution < 1.29 is 61.0 Å². The number of benzene rings is 5. The first-order valence-corrected chi connectivity index (χ1v) is 33.9.